The van der Waals surface area contributed by atoms with Gasteiger partial charge in [-0.05, 0) is 13.5 Å². The van der Waals surface area contributed by atoms with E-state index in [2.05, 4.69) is 20.8 Å². The highest BCUT2D eigenvalue weighted by Crippen LogP contribution is 2.01. The summed E-state index contributed by atoms with van der Waals surface area (Å²) >= 11 is 0. The van der Waals surface area contributed by atoms with E-state index in [4.69, 9.17) is 4.52 Å². The van der Waals surface area contributed by atoms with Gasteiger partial charge in [0, 0.05) is 19.5 Å². The van der Waals surface area contributed by atoms with Crippen molar-refractivity contribution in [3.8, 4) is 0 Å². The molecule has 15 heavy (non-hydrogen) atoms. The zero-order valence-corrected chi connectivity index (χ0v) is 9.20. The van der Waals surface area contributed by atoms with E-state index in [0.717, 1.165) is 6.54 Å². The van der Waals surface area contributed by atoms with E-state index in [1.165, 1.54) is 7.05 Å². The fraction of sp³-hybridized carbons (Fsp3) is 0.667. The summed E-state index contributed by atoms with van der Waals surface area (Å²) in [4.78, 5) is 15.1. The lowest BCUT2D eigenvalue weighted by molar-refractivity contribution is 0.0950. The van der Waals surface area contributed by atoms with Gasteiger partial charge in [0.2, 0.25) is 5.89 Å². The molecule has 0 aliphatic carbocycles. The van der Waals surface area contributed by atoms with Crippen LogP contribution in [0, 0.1) is 0 Å². The molecule has 6 nitrogen and oxygen atoms in total. The van der Waals surface area contributed by atoms with Crippen LogP contribution in [0.4, 0.5) is 0 Å². The van der Waals surface area contributed by atoms with Crippen LogP contribution in [0.15, 0.2) is 4.52 Å². The monoisotopic (exact) mass is 212 g/mol. The number of carbonyl (C=O) groups excluding carboxylic acids is 1. The third kappa shape index (κ3) is 3.32. The molecule has 1 aromatic heterocycles. The van der Waals surface area contributed by atoms with E-state index < -0.39 is 0 Å². The van der Waals surface area contributed by atoms with Gasteiger partial charge in [0.25, 0.3) is 11.7 Å². The minimum absolute atomic E-state index is 0.0798. The van der Waals surface area contributed by atoms with Gasteiger partial charge in [0.1, 0.15) is 0 Å². The van der Waals surface area contributed by atoms with Gasteiger partial charge >= 0.3 is 0 Å². The summed E-state index contributed by atoms with van der Waals surface area (Å²) in [5.74, 6) is 0.222. The van der Waals surface area contributed by atoms with Gasteiger partial charge < -0.3 is 15.2 Å². The molecule has 0 aliphatic heterocycles. The SMILES string of the molecule is CCNC(C)Cc1nc(C(=O)NC)no1. The maximum Gasteiger partial charge on any atom is 0.292 e. The van der Waals surface area contributed by atoms with Crippen molar-refractivity contribution in [3.05, 3.63) is 11.7 Å². The first-order valence-corrected chi connectivity index (χ1v) is 4.95. The van der Waals surface area contributed by atoms with E-state index >= 15 is 0 Å². The topological polar surface area (TPSA) is 80.0 Å². The average molecular weight is 212 g/mol. The van der Waals surface area contributed by atoms with Gasteiger partial charge in [0.15, 0.2) is 0 Å². The van der Waals surface area contributed by atoms with Crippen molar-refractivity contribution in [1.29, 1.82) is 0 Å². The van der Waals surface area contributed by atoms with Crippen LogP contribution >= 0.6 is 0 Å². The van der Waals surface area contributed by atoms with Gasteiger partial charge in [-0.2, -0.15) is 4.98 Å². The Labute approximate surface area is 88.4 Å². The molecule has 84 valence electrons. The lowest BCUT2D eigenvalue weighted by atomic mass is 10.2. The van der Waals surface area contributed by atoms with Crippen molar-refractivity contribution in [2.75, 3.05) is 13.6 Å². The average Bonchev–Trinajstić information content (AvgIpc) is 2.65. The number of likely N-dealkylation sites (N-methyl/N-ethyl adjacent to an activating group) is 1. The second-order valence-electron chi connectivity index (χ2n) is 3.25. The maximum atomic E-state index is 11.1. The summed E-state index contributed by atoms with van der Waals surface area (Å²) in [5.41, 5.74) is 0. The molecule has 0 saturated heterocycles. The van der Waals surface area contributed by atoms with Gasteiger partial charge in [-0.25, -0.2) is 0 Å². The van der Waals surface area contributed by atoms with Crippen molar-refractivity contribution >= 4 is 5.91 Å². The molecule has 0 fully saturated rings. The Morgan fingerprint density at radius 1 is 1.60 bits per heavy atom. The van der Waals surface area contributed by atoms with Gasteiger partial charge in [-0.1, -0.05) is 12.1 Å². The predicted molar refractivity (Wildman–Crippen MR) is 54.5 cm³/mol. The molecule has 0 spiro atoms. The first-order valence-electron chi connectivity index (χ1n) is 4.95. The Balaban J connectivity index is 2.56. The van der Waals surface area contributed by atoms with Crippen molar-refractivity contribution in [2.24, 2.45) is 0 Å². The Bertz CT molecular complexity index is 324. The van der Waals surface area contributed by atoms with E-state index in [1.807, 2.05) is 13.8 Å². The van der Waals surface area contributed by atoms with Gasteiger partial charge in [-0.3, -0.25) is 4.79 Å². The number of rotatable bonds is 5. The van der Waals surface area contributed by atoms with E-state index in [1.54, 1.807) is 0 Å². The lowest BCUT2D eigenvalue weighted by Crippen LogP contribution is -2.27. The summed E-state index contributed by atoms with van der Waals surface area (Å²) in [6.45, 7) is 4.94. The minimum atomic E-state index is -0.332. The third-order valence-electron chi connectivity index (χ3n) is 1.93. The molecule has 1 heterocycles. The summed E-state index contributed by atoms with van der Waals surface area (Å²) in [6.07, 6.45) is 0.623. The smallest absolute Gasteiger partial charge is 0.292 e. The Hall–Kier alpha value is -1.43. The summed E-state index contributed by atoms with van der Waals surface area (Å²) in [5, 5.41) is 9.23. The summed E-state index contributed by atoms with van der Waals surface area (Å²) in [6, 6.07) is 0.257. The number of aromatic nitrogens is 2. The van der Waals surface area contributed by atoms with E-state index in [9.17, 15) is 4.79 Å². The molecule has 0 bridgehead atoms. The second-order valence-corrected chi connectivity index (χ2v) is 3.25. The molecule has 1 aromatic rings. The molecule has 2 N–H and O–H groups in total. The van der Waals surface area contributed by atoms with Crippen LogP contribution in [0.1, 0.15) is 30.4 Å². The van der Waals surface area contributed by atoms with Crippen LogP contribution in [0.3, 0.4) is 0 Å². The zero-order valence-electron chi connectivity index (χ0n) is 9.20. The summed E-state index contributed by atoms with van der Waals surface area (Å²) in [7, 11) is 1.53. The van der Waals surface area contributed by atoms with E-state index in [-0.39, 0.29) is 17.8 Å². The largest absolute Gasteiger partial charge is 0.352 e. The van der Waals surface area contributed by atoms with Crippen molar-refractivity contribution in [1.82, 2.24) is 20.8 Å². The quantitative estimate of drug-likeness (QED) is 0.716. The third-order valence-corrected chi connectivity index (χ3v) is 1.93. The van der Waals surface area contributed by atoms with E-state index in [0.29, 0.717) is 12.3 Å². The highest BCUT2D eigenvalue weighted by atomic mass is 16.5. The Kier molecular flexibility index (Phi) is 4.23. The fourth-order valence-electron chi connectivity index (χ4n) is 1.22. The van der Waals surface area contributed by atoms with Crippen LogP contribution in [0.25, 0.3) is 0 Å². The first-order chi connectivity index (χ1) is 7.17. The molecule has 0 saturated carbocycles. The van der Waals surface area contributed by atoms with Crippen LogP contribution in [-0.2, 0) is 6.42 Å². The number of carbonyl (C=O) groups is 1. The predicted octanol–water partition coefficient (Wildman–Crippen LogP) is -0.0303. The fourth-order valence-corrected chi connectivity index (χ4v) is 1.22. The molecule has 0 radical (unpaired) electrons. The number of amides is 1. The molecule has 1 amide bonds. The lowest BCUT2D eigenvalue weighted by Gasteiger charge is -2.07. The molecule has 6 heteroatoms. The highest BCUT2D eigenvalue weighted by Gasteiger charge is 2.14. The van der Waals surface area contributed by atoms with Gasteiger partial charge in [-0.15, -0.1) is 0 Å². The number of hydrogen-bond acceptors (Lipinski definition) is 5. The molecule has 1 rings (SSSR count). The van der Waals surface area contributed by atoms with Crippen LogP contribution in [-0.4, -0.2) is 35.7 Å². The van der Waals surface area contributed by atoms with Crippen LogP contribution < -0.4 is 10.6 Å². The zero-order chi connectivity index (χ0) is 11.3. The molecular formula is C9H16N4O2. The highest BCUT2D eigenvalue weighted by molar-refractivity contribution is 5.89. The molecule has 1 atom stereocenters. The van der Waals surface area contributed by atoms with Crippen molar-refractivity contribution in [3.63, 3.8) is 0 Å². The minimum Gasteiger partial charge on any atom is -0.352 e. The first kappa shape index (κ1) is 11.6. The molecular weight excluding hydrogens is 196 g/mol. The van der Waals surface area contributed by atoms with Gasteiger partial charge in [0.05, 0.1) is 0 Å². The molecule has 0 aromatic carbocycles. The van der Waals surface area contributed by atoms with Crippen molar-refractivity contribution in [2.45, 2.75) is 26.3 Å². The Morgan fingerprint density at radius 2 is 2.33 bits per heavy atom. The van der Waals surface area contributed by atoms with Crippen LogP contribution in [0.2, 0.25) is 0 Å². The Morgan fingerprint density at radius 3 is 2.93 bits per heavy atom. The number of nitrogens with one attached hydrogen (secondary N) is 2. The number of nitrogens with zero attached hydrogens (tertiary/aromatic N) is 2. The maximum absolute atomic E-state index is 11.1. The van der Waals surface area contributed by atoms with Crippen molar-refractivity contribution < 1.29 is 9.32 Å². The molecule has 0 aliphatic rings. The normalized spacial score (nSPS) is 12.5. The summed E-state index contributed by atoms with van der Waals surface area (Å²) < 4.78 is 4.94. The number of hydrogen-bond donors (Lipinski definition) is 2. The second kappa shape index (κ2) is 5.45. The molecule has 1 unspecified atom stereocenters. The standard InChI is InChI=1S/C9H16N4O2/c1-4-11-6(2)5-7-12-8(13-15-7)9(14)10-3/h6,11H,4-5H2,1-3H3,(H,10,14). The van der Waals surface area contributed by atoms with Crippen LogP contribution in [0.5, 0.6) is 0 Å².